The summed E-state index contributed by atoms with van der Waals surface area (Å²) in [6, 6.07) is 5.30. The number of nitrogens with two attached hydrogens (primary N) is 1. The van der Waals surface area contributed by atoms with Gasteiger partial charge in [-0.25, -0.2) is 0 Å². The van der Waals surface area contributed by atoms with Crippen LogP contribution in [0.4, 0.5) is 5.69 Å². The van der Waals surface area contributed by atoms with Crippen LogP contribution in [0.1, 0.15) is 17.9 Å². The molecular formula is C9H9BrClNO. The van der Waals surface area contributed by atoms with Crippen molar-refractivity contribution in [2.75, 3.05) is 5.73 Å². The van der Waals surface area contributed by atoms with Crippen LogP contribution in [0.2, 0.25) is 0 Å². The van der Waals surface area contributed by atoms with E-state index in [2.05, 4.69) is 15.9 Å². The minimum Gasteiger partial charge on any atom is -0.398 e. The molecule has 0 amide bonds. The second-order valence-corrected chi connectivity index (χ2v) is 3.95. The first kappa shape index (κ1) is 10.5. The van der Waals surface area contributed by atoms with Crippen LogP contribution in [0.25, 0.3) is 0 Å². The number of Topliss-reactive ketones (excluding diaryl/α,β-unsaturated/α-hetero) is 1. The highest BCUT2D eigenvalue weighted by Gasteiger charge is 2.16. The second kappa shape index (κ2) is 4.11. The van der Waals surface area contributed by atoms with Crippen LogP contribution >= 0.6 is 27.5 Å². The van der Waals surface area contributed by atoms with E-state index in [-0.39, 0.29) is 5.78 Å². The number of ketones is 1. The number of carbonyl (C=O) groups is 1. The standard InChI is InChI=1S/C9H9BrClNO/c1-5(13)9(11)6-3-2-4-7(12)8(6)10/h2-4,9H,12H2,1H3. The molecule has 1 aromatic rings. The summed E-state index contributed by atoms with van der Waals surface area (Å²) in [5, 5.41) is -0.627. The number of alkyl halides is 1. The molecule has 2 N–H and O–H groups in total. The van der Waals surface area contributed by atoms with Gasteiger partial charge in [0.25, 0.3) is 0 Å². The predicted molar refractivity (Wildman–Crippen MR) is 57.8 cm³/mol. The van der Waals surface area contributed by atoms with Gasteiger partial charge in [-0.05, 0) is 34.5 Å². The summed E-state index contributed by atoms with van der Waals surface area (Å²) in [4.78, 5) is 11.0. The Bertz CT molecular complexity index is 340. The van der Waals surface area contributed by atoms with E-state index in [0.29, 0.717) is 15.7 Å². The van der Waals surface area contributed by atoms with E-state index in [4.69, 9.17) is 17.3 Å². The molecule has 70 valence electrons. The van der Waals surface area contributed by atoms with Gasteiger partial charge in [0.1, 0.15) is 5.38 Å². The highest BCUT2D eigenvalue weighted by atomic mass is 79.9. The maximum absolute atomic E-state index is 11.0. The number of hydrogen-bond acceptors (Lipinski definition) is 2. The number of carbonyl (C=O) groups excluding carboxylic acids is 1. The van der Waals surface area contributed by atoms with E-state index in [1.54, 1.807) is 18.2 Å². The zero-order valence-corrected chi connectivity index (χ0v) is 9.39. The molecule has 0 saturated heterocycles. The van der Waals surface area contributed by atoms with Gasteiger partial charge in [-0.3, -0.25) is 4.79 Å². The fraction of sp³-hybridized carbons (Fsp3) is 0.222. The van der Waals surface area contributed by atoms with Gasteiger partial charge < -0.3 is 5.73 Å². The topological polar surface area (TPSA) is 43.1 Å². The van der Waals surface area contributed by atoms with Crippen LogP contribution in [0.15, 0.2) is 22.7 Å². The molecule has 0 radical (unpaired) electrons. The van der Waals surface area contributed by atoms with Crippen molar-refractivity contribution in [3.05, 3.63) is 28.2 Å². The van der Waals surface area contributed by atoms with Gasteiger partial charge in [-0.15, -0.1) is 11.6 Å². The second-order valence-electron chi connectivity index (χ2n) is 2.72. The summed E-state index contributed by atoms with van der Waals surface area (Å²) < 4.78 is 0.699. The number of hydrogen-bond donors (Lipinski definition) is 1. The molecule has 0 bridgehead atoms. The van der Waals surface area contributed by atoms with E-state index in [9.17, 15) is 4.79 Å². The molecular weight excluding hydrogens is 253 g/mol. The molecule has 1 rings (SSSR count). The third-order valence-electron chi connectivity index (χ3n) is 1.69. The zero-order valence-electron chi connectivity index (χ0n) is 7.05. The number of rotatable bonds is 2. The molecule has 4 heteroatoms. The maximum atomic E-state index is 11.0. The average molecular weight is 263 g/mol. The Morgan fingerprint density at radius 3 is 2.77 bits per heavy atom. The first-order valence-corrected chi connectivity index (χ1v) is 4.95. The largest absolute Gasteiger partial charge is 0.398 e. The Morgan fingerprint density at radius 2 is 2.23 bits per heavy atom. The summed E-state index contributed by atoms with van der Waals surface area (Å²) in [5.74, 6) is -0.0898. The molecule has 0 heterocycles. The minimum atomic E-state index is -0.627. The van der Waals surface area contributed by atoms with Gasteiger partial charge in [0.15, 0.2) is 5.78 Å². The van der Waals surface area contributed by atoms with Crippen molar-refractivity contribution in [3.8, 4) is 0 Å². The van der Waals surface area contributed by atoms with Crippen LogP contribution in [-0.2, 0) is 4.79 Å². The SMILES string of the molecule is CC(=O)C(Cl)c1cccc(N)c1Br. The Hall–Kier alpha value is -0.540. The lowest BCUT2D eigenvalue weighted by Gasteiger charge is -2.09. The van der Waals surface area contributed by atoms with Crippen LogP contribution < -0.4 is 5.73 Å². The molecule has 1 aromatic carbocycles. The number of nitrogen functional groups attached to an aromatic ring is 1. The van der Waals surface area contributed by atoms with E-state index in [0.717, 1.165) is 0 Å². The van der Waals surface area contributed by atoms with Crippen molar-refractivity contribution in [2.45, 2.75) is 12.3 Å². The van der Waals surface area contributed by atoms with Crippen LogP contribution in [-0.4, -0.2) is 5.78 Å². The third kappa shape index (κ3) is 2.23. The quantitative estimate of drug-likeness (QED) is 0.658. The van der Waals surface area contributed by atoms with Crippen molar-refractivity contribution < 1.29 is 4.79 Å². The smallest absolute Gasteiger partial charge is 0.152 e. The highest BCUT2D eigenvalue weighted by molar-refractivity contribution is 9.10. The van der Waals surface area contributed by atoms with Crippen molar-refractivity contribution in [1.82, 2.24) is 0 Å². The van der Waals surface area contributed by atoms with E-state index < -0.39 is 5.38 Å². The lowest BCUT2D eigenvalue weighted by molar-refractivity contribution is -0.116. The Balaban J connectivity index is 3.15. The molecule has 0 aromatic heterocycles. The van der Waals surface area contributed by atoms with E-state index in [1.165, 1.54) is 6.92 Å². The normalized spacial score (nSPS) is 12.5. The minimum absolute atomic E-state index is 0.0898. The highest BCUT2D eigenvalue weighted by Crippen LogP contribution is 2.32. The summed E-state index contributed by atoms with van der Waals surface area (Å²) >= 11 is 9.17. The molecule has 0 spiro atoms. The molecule has 13 heavy (non-hydrogen) atoms. The van der Waals surface area contributed by atoms with Crippen LogP contribution in [0.5, 0.6) is 0 Å². The number of halogens is 2. The molecule has 1 atom stereocenters. The molecule has 0 aliphatic rings. The molecule has 0 fully saturated rings. The van der Waals surface area contributed by atoms with Crippen LogP contribution in [0, 0.1) is 0 Å². The van der Waals surface area contributed by atoms with Crippen molar-refractivity contribution in [2.24, 2.45) is 0 Å². The first-order chi connectivity index (χ1) is 6.04. The summed E-state index contributed by atoms with van der Waals surface area (Å²) in [5.41, 5.74) is 6.95. The summed E-state index contributed by atoms with van der Waals surface area (Å²) in [6.45, 7) is 1.45. The monoisotopic (exact) mass is 261 g/mol. The van der Waals surface area contributed by atoms with E-state index in [1.807, 2.05) is 0 Å². The number of benzene rings is 1. The lowest BCUT2D eigenvalue weighted by atomic mass is 10.1. The Labute approximate surface area is 90.2 Å². The summed E-state index contributed by atoms with van der Waals surface area (Å²) in [6.07, 6.45) is 0. The third-order valence-corrected chi connectivity index (χ3v) is 3.15. The zero-order chi connectivity index (χ0) is 10.0. The molecule has 0 aliphatic carbocycles. The van der Waals surface area contributed by atoms with Gasteiger partial charge in [-0.2, -0.15) is 0 Å². The molecule has 2 nitrogen and oxygen atoms in total. The molecule has 0 saturated carbocycles. The van der Waals surface area contributed by atoms with Crippen molar-refractivity contribution in [3.63, 3.8) is 0 Å². The number of anilines is 1. The Morgan fingerprint density at radius 1 is 1.62 bits per heavy atom. The Kier molecular flexibility index (Phi) is 3.33. The fourth-order valence-corrected chi connectivity index (χ4v) is 1.79. The lowest BCUT2D eigenvalue weighted by Crippen LogP contribution is -2.03. The van der Waals surface area contributed by atoms with Crippen LogP contribution in [0.3, 0.4) is 0 Å². The average Bonchev–Trinajstić information content (AvgIpc) is 2.08. The summed E-state index contributed by atoms with van der Waals surface area (Å²) in [7, 11) is 0. The predicted octanol–water partition coefficient (Wildman–Crippen LogP) is 2.90. The van der Waals surface area contributed by atoms with Crippen molar-refractivity contribution in [1.29, 1.82) is 0 Å². The van der Waals surface area contributed by atoms with Gasteiger partial charge in [-0.1, -0.05) is 12.1 Å². The van der Waals surface area contributed by atoms with Gasteiger partial charge in [0.2, 0.25) is 0 Å². The van der Waals surface area contributed by atoms with Gasteiger partial charge in [0, 0.05) is 10.2 Å². The molecule has 0 aliphatic heterocycles. The first-order valence-electron chi connectivity index (χ1n) is 3.72. The van der Waals surface area contributed by atoms with Crippen molar-refractivity contribution >= 4 is 39.0 Å². The van der Waals surface area contributed by atoms with Gasteiger partial charge in [0.05, 0.1) is 0 Å². The molecule has 1 unspecified atom stereocenters. The maximum Gasteiger partial charge on any atom is 0.152 e. The van der Waals surface area contributed by atoms with E-state index >= 15 is 0 Å². The fourth-order valence-electron chi connectivity index (χ4n) is 0.983. The van der Waals surface area contributed by atoms with Gasteiger partial charge >= 0.3 is 0 Å².